The van der Waals surface area contributed by atoms with Crippen LogP contribution in [0.5, 0.6) is 0 Å². The first kappa shape index (κ1) is 11.3. The van der Waals surface area contributed by atoms with Crippen LogP contribution in [-0.2, 0) is 0 Å². The van der Waals surface area contributed by atoms with Gasteiger partial charge in [0.05, 0.1) is 0 Å². The number of rotatable bonds is 3. The molecule has 0 aliphatic heterocycles. The molecule has 4 heteroatoms. The van der Waals surface area contributed by atoms with Crippen molar-refractivity contribution in [2.45, 2.75) is 51.1 Å². The van der Waals surface area contributed by atoms with Crippen molar-refractivity contribution in [1.82, 2.24) is 10.6 Å². The average molecular weight is 199 g/mol. The van der Waals surface area contributed by atoms with Gasteiger partial charge in [0.25, 0.3) is 0 Å². The zero-order valence-corrected chi connectivity index (χ0v) is 8.88. The summed E-state index contributed by atoms with van der Waals surface area (Å²) >= 11 is 0. The van der Waals surface area contributed by atoms with Crippen LogP contribution in [0.3, 0.4) is 0 Å². The molecule has 0 saturated heterocycles. The van der Waals surface area contributed by atoms with Crippen LogP contribution in [0.1, 0.15) is 39.0 Å². The van der Waals surface area contributed by atoms with Crippen molar-refractivity contribution >= 4 is 6.03 Å². The lowest BCUT2D eigenvalue weighted by molar-refractivity contribution is 0.230. The molecule has 0 aromatic rings. The highest BCUT2D eigenvalue weighted by Crippen LogP contribution is 2.17. The molecule has 1 fully saturated rings. The van der Waals surface area contributed by atoms with Crippen LogP contribution >= 0.6 is 0 Å². The summed E-state index contributed by atoms with van der Waals surface area (Å²) in [6.45, 7) is 2.39. The van der Waals surface area contributed by atoms with Crippen LogP contribution in [0.25, 0.3) is 0 Å². The summed E-state index contributed by atoms with van der Waals surface area (Å²) in [4.78, 5) is 11.4. The van der Waals surface area contributed by atoms with E-state index >= 15 is 0 Å². The fraction of sp³-hybridized carbons (Fsp3) is 0.900. The van der Waals surface area contributed by atoms with E-state index in [1.54, 1.807) is 0 Å². The molecule has 14 heavy (non-hydrogen) atoms. The molecular weight excluding hydrogens is 178 g/mol. The van der Waals surface area contributed by atoms with Gasteiger partial charge in [-0.1, -0.05) is 19.3 Å². The second kappa shape index (κ2) is 5.86. The van der Waals surface area contributed by atoms with Gasteiger partial charge in [0.2, 0.25) is 0 Å². The number of nitrogens with one attached hydrogen (secondary N) is 2. The van der Waals surface area contributed by atoms with E-state index in [1.165, 1.54) is 19.3 Å². The monoisotopic (exact) mass is 199 g/mol. The minimum absolute atomic E-state index is 0.0543. The molecule has 82 valence electrons. The lowest BCUT2D eigenvalue weighted by Gasteiger charge is -2.23. The topological polar surface area (TPSA) is 67.1 Å². The predicted octanol–water partition coefficient (Wildman–Crippen LogP) is 0.965. The number of hydrogen-bond donors (Lipinski definition) is 3. The first-order chi connectivity index (χ1) is 6.72. The van der Waals surface area contributed by atoms with E-state index in [4.69, 9.17) is 5.73 Å². The second-order valence-electron chi connectivity index (χ2n) is 4.09. The summed E-state index contributed by atoms with van der Waals surface area (Å²) in [6.07, 6.45) is 6.00. The molecule has 1 atom stereocenters. The SMILES string of the molecule is C[C@H](CN)NC(=O)NC1CCCCC1. The maximum absolute atomic E-state index is 11.4. The minimum Gasteiger partial charge on any atom is -0.335 e. The quantitative estimate of drug-likeness (QED) is 0.634. The molecule has 0 unspecified atom stereocenters. The van der Waals surface area contributed by atoms with Gasteiger partial charge in [-0.05, 0) is 19.8 Å². The molecule has 0 bridgehead atoms. The summed E-state index contributed by atoms with van der Waals surface area (Å²) in [5.41, 5.74) is 5.41. The number of carbonyl (C=O) groups excluding carboxylic acids is 1. The second-order valence-corrected chi connectivity index (χ2v) is 4.09. The lowest BCUT2D eigenvalue weighted by atomic mass is 9.96. The third-order valence-electron chi connectivity index (χ3n) is 2.67. The molecule has 0 aromatic carbocycles. The van der Waals surface area contributed by atoms with E-state index in [0.29, 0.717) is 12.6 Å². The van der Waals surface area contributed by atoms with Crippen molar-refractivity contribution in [2.75, 3.05) is 6.54 Å². The van der Waals surface area contributed by atoms with E-state index in [-0.39, 0.29) is 12.1 Å². The molecule has 1 aliphatic rings. The molecule has 1 rings (SSSR count). The van der Waals surface area contributed by atoms with Crippen molar-refractivity contribution < 1.29 is 4.79 Å². The third-order valence-corrected chi connectivity index (χ3v) is 2.67. The Balaban J connectivity index is 2.18. The van der Waals surface area contributed by atoms with Gasteiger partial charge in [-0.2, -0.15) is 0 Å². The van der Waals surface area contributed by atoms with Crippen molar-refractivity contribution in [3.8, 4) is 0 Å². The summed E-state index contributed by atoms with van der Waals surface area (Å²) in [7, 11) is 0. The minimum atomic E-state index is -0.0742. The molecule has 2 amide bonds. The highest BCUT2D eigenvalue weighted by molar-refractivity contribution is 5.74. The number of amides is 2. The Morgan fingerprint density at radius 2 is 2.07 bits per heavy atom. The number of hydrogen-bond acceptors (Lipinski definition) is 2. The van der Waals surface area contributed by atoms with Gasteiger partial charge in [0.1, 0.15) is 0 Å². The number of urea groups is 1. The summed E-state index contributed by atoms with van der Waals surface area (Å²) in [5, 5.41) is 5.78. The Labute approximate surface area is 85.6 Å². The molecule has 4 nitrogen and oxygen atoms in total. The average Bonchev–Trinajstić information content (AvgIpc) is 2.19. The highest BCUT2D eigenvalue weighted by atomic mass is 16.2. The third kappa shape index (κ3) is 3.96. The Hall–Kier alpha value is -0.770. The maximum atomic E-state index is 11.4. The van der Waals surface area contributed by atoms with Crippen LogP contribution in [0.15, 0.2) is 0 Å². The molecule has 4 N–H and O–H groups in total. The highest BCUT2D eigenvalue weighted by Gasteiger charge is 2.15. The summed E-state index contributed by atoms with van der Waals surface area (Å²) in [5.74, 6) is 0. The summed E-state index contributed by atoms with van der Waals surface area (Å²) in [6, 6.07) is 0.349. The molecule has 1 aliphatic carbocycles. The van der Waals surface area contributed by atoms with Crippen LogP contribution in [0, 0.1) is 0 Å². The van der Waals surface area contributed by atoms with Gasteiger partial charge in [-0.25, -0.2) is 4.79 Å². The van der Waals surface area contributed by atoms with E-state index in [0.717, 1.165) is 12.8 Å². The van der Waals surface area contributed by atoms with E-state index in [1.807, 2.05) is 6.92 Å². The number of carbonyl (C=O) groups is 1. The lowest BCUT2D eigenvalue weighted by Crippen LogP contribution is -2.47. The summed E-state index contributed by atoms with van der Waals surface area (Å²) < 4.78 is 0. The largest absolute Gasteiger partial charge is 0.335 e. The zero-order valence-electron chi connectivity index (χ0n) is 8.88. The predicted molar refractivity (Wildman–Crippen MR) is 57.1 cm³/mol. The van der Waals surface area contributed by atoms with Crippen molar-refractivity contribution in [1.29, 1.82) is 0 Å². The first-order valence-electron chi connectivity index (χ1n) is 5.49. The molecule has 0 spiro atoms. The maximum Gasteiger partial charge on any atom is 0.315 e. The van der Waals surface area contributed by atoms with Crippen LogP contribution in [0.2, 0.25) is 0 Å². The van der Waals surface area contributed by atoms with Crippen molar-refractivity contribution in [3.63, 3.8) is 0 Å². The van der Waals surface area contributed by atoms with E-state index in [2.05, 4.69) is 10.6 Å². The number of nitrogens with two attached hydrogens (primary N) is 1. The van der Waals surface area contributed by atoms with Crippen molar-refractivity contribution in [2.24, 2.45) is 5.73 Å². The fourth-order valence-electron chi connectivity index (χ4n) is 1.76. The smallest absolute Gasteiger partial charge is 0.315 e. The van der Waals surface area contributed by atoms with Gasteiger partial charge < -0.3 is 16.4 Å². The van der Waals surface area contributed by atoms with E-state index in [9.17, 15) is 4.79 Å². The van der Waals surface area contributed by atoms with Gasteiger partial charge in [-0.3, -0.25) is 0 Å². The normalized spacial score (nSPS) is 20.1. The molecule has 0 heterocycles. The van der Waals surface area contributed by atoms with Gasteiger partial charge in [-0.15, -0.1) is 0 Å². The molecule has 1 saturated carbocycles. The Bertz CT molecular complexity index is 178. The van der Waals surface area contributed by atoms with Gasteiger partial charge >= 0.3 is 6.03 Å². The van der Waals surface area contributed by atoms with Crippen molar-refractivity contribution in [3.05, 3.63) is 0 Å². The standard InChI is InChI=1S/C10H21N3O/c1-8(7-11)12-10(14)13-9-5-3-2-4-6-9/h8-9H,2-7,11H2,1H3,(H2,12,13,14)/t8-/m1/s1. The Morgan fingerprint density at radius 1 is 1.43 bits per heavy atom. The van der Waals surface area contributed by atoms with Crippen LogP contribution < -0.4 is 16.4 Å². The van der Waals surface area contributed by atoms with Crippen LogP contribution in [-0.4, -0.2) is 24.7 Å². The molecule has 0 aromatic heterocycles. The molecular formula is C10H21N3O. The molecule has 0 radical (unpaired) electrons. The van der Waals surface area contributed by atoms with Crippen LogP contribution in [0.4, 0.5) is 4.79 Å². The fourth-order valence-corrected chi connectivity index (χ4v) is 1.76. The van der Waals surface area contributed by atoms with Gasteiger partial charge in [0, 0.05) is 18.6 Å². The Morgan fingerprint density at radius 3 is 2.64 bits per heavy atom. The zero-order chi connectivity index (χ0) is 10.4. The van der Waals surface area contributed by atoms with Gasteiger partial charge in [0.15, 0.2) is 0 Å². The Kier molecular flexibility index (Phi) is 4.73. The first-order valence-corrected chi connectivity index (χ1v) is 5.49. The van der Waals surface area contributed by atoms with E-state index < -0.39 is 0 Å².